The van der Waals surface area contributed by atoms with E-state index in [-0.39, 0.29) is 5.60 Å². The zero-order valence-electron chi connectivity index (χ0n) is 6.77. The molecule has 0 saturated carbocycles. The van der Waals surface area contributed by atoms with Crippen LogP contribution >= 0.6 is 0 Å². The van der Waals surface area contributed by atoms with Crippen LogP contribution < -0.4 is 5.32 Å². The van der Waals surface area contributed by atoms with Gasteiger partial charge in [-0.1, -0.05) is 0 Å². The van der Waals surface area contributed by atoms with Crippen LogP contribution in [0.4, 0.5) is 0 Å². The summed E-state index contributed by atoms with van der Waals surface area (Å²) in [5, 5.41) is 10.6. The van der Waals surface area contributed by atoms with E-state index in [2.05, 4.69) is 5.32 Å². The Balaban J connectivity index is 3.14. The number of nitrogens with one attached hydrogen (secondary N) is 1. The van der Waals surface area contributed by atoms with Crippen LogP contribution in [0.3, 0.4) is 0 Å². The molecule has 3 heteroatoms. The summed E-state index contributed by atoms with van der Waals surface area (Å²) < 4.78 is 5.32. The summed E-state index contributed by atoms with van der Waals surface area (Å²) in [6.45, 7) is 7.13. The fourth-order valence-corrected chi connectivity index (χ4v) is 0.464. The van der Waals surface area contributed by atoms with Crippen molar-refractivity contribution in [2.75, 3.05) is 13.2 Å². The van der Waals surface area contributed by atoms with Crippen LogP contribution in [0.25, 0.3) is 0 Å². The predicted octanol–water partition coefficient (Wildman–Crippen LogP) is 0.872. The molecular weight excluding hydrogens is 128 g/mol. The van der Waals surface area contributed by atoms with E-state index in [4.69, 9.17) is 10.00 Å². The third-order valence-corrected chi connectivity index (χ3v) is 0.841. The topological polar surface area (TPSA) is 45.0 Å². The fourth-order valence-electron chi connectivity index (χ4n) is 0.464. The highest BCUT2D eigenvalue weighted by Crippen LogP contribution is 2.04. The fraction of sp³-hybridized carbons (Fsp3) is 0.857. The first-order valence-corrected chi connectivity index (χ1v) is 3.32. The van der Waals surface area contributed by atoms with Gasteiger partial charge >= 0.3 is 0 Å². The summed E-state index contributed by atoms with van der Waals surface area (Å²) >= 11 is 0. The molecule has 0 aromatic rings. The second kappa shape index (κ2) is 4.13. The molecule has 0 aliphatic carbocycles. The van der Waals surface area contributed by atoms with Gasteiger partial charge in [-0.25, -0.2) is 0 Å². The van der Waals surface area contributed by atoms with E-state index in [1.807, 2.05) is 27.0 Å². The summed E-state index contributed by atoms with van der Waals surface area (Å²) in [6.07, 6.45) is 1.82. The number of hydrogen-bond donors (Lipinski definition) is 1. The second-order valence-electron chi connectivity index (χ2n) is 3.00. The van der Waals surface area contributed by atoms with E-state index in [0.29, 0.717) is 13.2 Å². The Morgan fingerprint density at radius 2 is 2.10 bits per heavy atom. The van der Waals surface area contributed by atoms with Gasteiger partial charge in [0.25, 0.3) is 0 Å². The molecule has 0 atom stereocenters. The molecule has 0 rings (SSSR count). The first-order valence-electron chi connectivity index (χ1n) is 3.32. The molecular formula is C7H14N2O. The lowest BCUT2D eigenvalue weighted by atomic mass is 10.2. The van der Waals surface area contributed by atoms with Crippen LogP contribution in [0.1, 0.15) is 20.8 Å². The lowest BCUT2D eigenvalue weighted by Gasteiger charge is -2.18. The van der Waals surface area contributed by atoms with Crippen molar-refractivity contribution in [3.05, 3.63) is 0 Å². The van der Waals surface area contributed by atoms with Crippen molar-refractivity contribution in [3.8, 4) is 6.19 Å². The van der Waals surface area contributed by atoms with E-state index in [0.717, 1.165) is 0 Å². The highest BCUT2D eigenvalue weighted by atomic mass is 16.5. The molecule has 0 fully saturated rings. The second-order valence-corrected chi connectivity index (χ2v) is 3.00. The Kier molecular flexibility index (Phi) is 3.82. The zero-order chi connectivity index (χ0) is 8.04. The molecule has 0 aromatic carbocycles. The highest BCUT2D eigenvalue weighted by molar-refractivity contribution is 4.65. The van der Waals surface area contributed by atoms with Gasteiger partial charge in [0.15, 0.2) is 6.19 Å². The summed E-state index contributed by atoms with van der Waals surface area (Å²) in [7, 11) is 0. The van der Waals surface area contributed by atoms with Gasteiger partial charge in [-0.15, -0.1) is 0 Å². The Morgan fingerprint density at radius 1 is 1.50 bits per heavy atom. The van der Waals surface area contributed by atoms with Gasteiger partial charge in [-0.2, -0.15) is 5.26 Å². The van der Waals surface area contributed by atoms with Crippen molar-refractivity contribution in [3.63, 3.8) is 0 Å². The van der Waals surface area contributed by atoms with Gasteiger partial charge in [0.05, 0.1) is 12.2 Å². The molecule has 0 heterocycles. The Morgan fingerprint density at radius 3 is 2.50 bits per heavy atom. The number of ether oxygens (including phenoxy) is 1. The SMILES string of the molecule is CC(C)(C)OCCNC#N. The third-order valence-electron chi connectivity index (χ3n) is 0.841. The van der Waals surface area contributed by atoms with Crippen molar-refractivity contribution >= 4 is 0 Å². The largest absolute Gasteiger partial charge is 0.374 e. The predicted molar refractivity (Wildman–Crippen MR) is 39.3 cm³/mol. The minimum atomic E-state index is -0.100. The molecule has 0 spiro atoms. The maximum absolute atomic E-state index is 8.08. The molecule has 0 saturated heterocycles. The first kappa shape index (κ1) is 9.25. The van der Waals surface area contributed by atoms with Crippen molar-refractivity contribution in [1.29, 1.82) is 5.26 Å². The maximum Gasteiger partial charge on any atom is 0.176 e. The van der Waals surface area contributed by atoms with Crippen LogP contribution in [-0.4, -0.2) is 18.8 Å². The summed E-state index contributed by atoms with van der Waals surface area (Å²) in [5.41, 5.74) is -0.100. The molecule has 1 N–H and O–H groups in total. The van der Waals surface area contributed by atoms with E-state index in [1.54, 1.807) is 0 Å². The molecule has 10 heavy (non-hydrogen) atoms. The van der Waals surface area contributed by atoms with Gasteiger partial charge in [0, 0.05) is 6.54 Å². The van der Waals surface area contributed by atoms with Gasteiger partial charge in [0.2, 0.25) is 0 Å². The summed E-state index contributed by atoms with van der Waals surface area (Å²) in [5.74, 6) is 0. The number of nitrogens with zero attached hydrogens (tertiary/aromatic N) is 1. The quantitative estimate of drug-likeness (QED) is 0.361. The normalized spacial score (nSPS) is 10.6. The van der Waals surface area contributed by atoms with E-state index in [1.165, 1.54) is 0 Å². The first-order chi connectivity index (χ1) is 4.56. The molecule has 0 aliphatic heterocycles. The van der Waals surface area contributed by atoms with Crippen LogP contribution in [0.2, 0.25) is 0 Å². The van der Waals surface area contributed by atoms with Crippen molar-refractivity contribution < 1.29 is 4.74 Å². The smallest absolute Gasteiger partial charge is 0.176 e. The lowest BCUT2D eigenvalue weighted by molar-refractivity contribution is 0.000328. The van der Waals surface area contributed by atoms with Gasteiger partial charge < -0.3 is 10.1 Å². The molecule has 0 radical (unpaired) electrons. The van der Waals surface area contributed by atoms with Gasteiger partial charge in [0.1, 0.15) is 0 Å². The Hall–Kier alpha value is -0.750. The van der Waals surface area contributed by atoms with Crippen LogP contribution in [0.5, 0.6) is 0 Å². The molecule has 0 aliphatic rings. The van der Waals surface area contributed by atoms with Crippen molar-refractivity contribution in [2.24, 2.45) is 0 Å². The third kappa shape index (κ3) is 7.25. The van der Waals surface area contributed by atoms with Gasteiger partial charge in [-0.05, 0) is 20.8 Å². The van der Waals surface area contributed by atoms with Crippen LogP contribution in [0, 0.1) is 11.5 Å². The van der Waals surface area contributed by atoms with Crippen molar-refractivity contribution in [1.82, 2.24) is 5.32 Å². The average Bonchev–Trinajstić information content (AvgIpc) is 1.78. The minimum absolute atomic E-state index is 0.100. The molecule has 58 valence electrons. The van der Waals surface area contributed by atoms with Gasteiger partial charge in [-0.3, -0.25) is 0 Å². The number of nitriles is 1. The summed E-state index contributed by atoms with van der Waals surface area (Å²) in [4.78, 5) is 0. The molecule has 0 bridgehead atoms. The molecule has 0 unspecified atom stereocenters. The van der Waals surface area contributed by atoms with E-state index >= 15 is 0 Å². The minimum Gasteiger partial charge on any atom is -0.374 e. The maximum atomic E-state index is 8.08. The van der Waals surface area contributed by atoms with Crippen LogP contribution in [0.15, 0.2) is 0 Å². The Bertz CT molecular complexity index is 121. The Labute approximate surface area is 62.0 Å². The highest BCUT2D eigenvalue weighted by Gasteiger charge is 2.08. The number of hydrogen-bond acceptors (Lipinski definition) is 3. The zero-order valence-corrected chi connectivity index (χ0v) is 6.77. The molecule has 3 nitrogen and oxygen atoms in total. The molecule has 0 aromatic heterocycles. The number of rotatable bonds is 3. The lowest BCUT2D eigenvalue weighted by Crippen LogP contribution is -2.24. The average molecular weight is 142 g/mol. The summed E-state index contributed by atoms with van der Waals surface area (Å²) in [6, 6.07) is 0. The monoisotopic (exact) mass is 142 g/mol. The molecule has 0 amide bonds. The van der Waals surface area contributed by atoms with E-state index in [9.17, 15) is 0 Å². The van der Waals surface area contributed by atoms with E-state index < -0.39 is 0 Å². The van der Waals surface area contributed by atoms with Crippen LogP contribution in [-0.2, 0) is 4.74 Å². The van der Waals surface area contributed by atoms with Crippen molar-refractivity contribution in [2.45, 2.75) is 26.4 Å². The standard InChI is InChI=1S/C7H14N2O/c1-7(2,3)10-5-4-9-6-8/h9H,4-5H2,1-3H3.